The summed E-state index contributed by atoms with van der Waals surface area (Å²) < 4.78 is 0. The fourth-order valence-corrected chi connectivity index (χ4v) is 4.89. The number of hydrogen-bond acceptors (Lipinski definition) is 5. The zero-order valence-electron chi connectivity index (χ0n) is 16.4. The molecule has 0 aliphatic carbocycles. The van der Waals surface area contributed by atoms with Crippen LogP contribution in [0.15, 0.2) is 96.3 Å². The van der Waals surface area contributed by atoms with Crippen LogP contribution in [0.3, 0.4) is 0 Å². The van der Waals surface area contributed by atoms with Crippen molar-refractivity contribution >= 4 is 28.7 Å². The highest BCUT2D eigenvalue weighted by molar-refractivity contribution is 7.10. The molecule has 1 N–H and O–H groups in total. The summed E-state index contributed by atoms with van der Waals surface area (Å²) in [4.78, 5) is 22.4. The Morgan fingerprint density at radius 2 is 1.81 bits per heavy atom. The van der Waals surface area contributed by atoms with E-state index in [2.05, 4.69) is 22.4 Å². The van der Waals surface area contributed by atoms with E-state index in [0.717, 1.165) is 27.4 Å². The van der Waals surface area contributed by atoms with E-state index < -0.39 is 0 Å². The Morgan fingerprint density at radius 1 is 1.00 bits per heavy atom. The molecule has 0 amide bonds. The van der Waals surface area contributed by atoms with Crippen molar-refractivity contribution in [1.82, 2.24) is 15.3 Å². The Hall–Kier alpha value is -3.28. The van der Waals surface area contributed by atoms with E-state index in [-0.39, 0.29) is 17.7 Å². The minimum absolute atomic E-state index is 0.00967. The first-order valence-corrected chi connectivity index (χ1v) is 11.1. The van der Waals surface area contributed by atoms with Gasteiger partial charge in [-0.25, -0.2) is 4.98 Å². The molecule has 2 aromatic heterocycles. The maximum absolute atomic E-state index is 13.4. The van der Waals surface area contributed by atoms with Crippen molar-refractivity contribution in [3.05, 3.63) is 117 Å². The molecular weight excluding hydrogens is 426 g/mol. The highest BCUT2D eigenvalue weighted by Gasteiger charge is 2.37. The first kappa shape index (κ1) is 19.7. The zero-order chi connectivity index (χ0) is 21.2. The molecule has 3 heterocycles. The number of aromatic nitrogens is 2. The number of ketones is 1. The summed E-state index contributed by atoms with van der Waals surface area (Å²) in [5, 5.41) is 7.00. The van der Waals surface area contributed by atoms with Crippen LogP contribution in [0.25, 0.3) is 11.3 Å². The zero-order valence-corrected chi connectivity index (χ0v) is 18.0. The highest BCUT2D eigenvalue weighted by atomic mass is 35.5. The van der Waals surface area contributed by atoms with Crippen molar-refractivity contribution < 1.29 is 4.79 Å². The summed E-state index contributed by atoms with van der Waals surface area (Å²) in [6.45, 7) is 0. The van der Waals surface area contributed by atoms with Crippen molar-refractivity contribution in [1.29, 1.82) is 0 Å². The van der Waals surface area contributed by atoms with Crippen LogP contribution in [0, 0.1) is 0 Å². The number of carbonyl (C=O) groups excluding carboxylic acids is 1. The molecule has 31 heavy (non-hydrogen) atoms. The second-order valence-corrected chi connectivity index (χ2v) is 8.61. The average molecular weight is 444 g/mol. The quantitative estimate of drug-likeness (QED) is 0.381. The van der Waals surface area contributed by atoms with Crippen LogP contribution >= 0.6 is 22.9 Å². The average Bonchev–Trinajstić information content (AvgIpc) is 3.48. The van der Waals surface area contributed by atoms with Gasteiger partial charge < -0.3 is 5.32 Å². The fraction of sp³-hybridized carbons (Fsp3) is 0.0800. The smallest absolute Gasteiger partial charge is 0.191 e. The van der Waals surface area contributed by atoms with Gasteiger partial charge in [0.05, 0.1) is 11.7 Å². The number of nitrogens with one attached hydrogen (secondary N) is 1. The van der Waals surface area contributed by atoms with Crippen molar-refractivity contribution in [3.63, 3.8) is 0 Å². The van der Waals surface area contributed by atoms with Crippen LogP contribution in [-0.2, 0) is 0 Å². The standard InChI is InChI=1S/C25H18ClN3OS/c26-19-10-8-17(9-11-19)24(30)20-14-28-23(22(20)16-5-2-1-3-6-16)25-29-21(15-31-25)18-7-4-12-27-13-18/h1-15,22-23,28H/t22-,23+/m0/s1. The van der Waals surface area contributed by atoms with Gasteiger partial charge >= 0.3 is 0 Å². The van der Waals surface area contributed by atoms with Gasteiger partial charge in [-0.2, -0.15) is 0 Å². The molecule has 2 aromatic carbocycles. The van der Waals surface area contributed by atoms with Gasteiger partial charge in [-0.05, 0) is 42.0 Å². The van der Waals surface area contributed by atoms with Gasteiger partial charge in [-0.3, -0.25) is 9.78 Å². The number of benzene rings is 2. The molecule has 0 spiro atoms. The van der Waals surface area contributed by atoms with Crippen LogP contribution in [0.5, 0.6) is 0 Å². The molecule has 2 atom stereocenters. The van der Waals surface area contributed by atoms with Crippen molar-refractivity contribution in [3.8, 4) is 11.3 Å². The molecule has 6 heteroatoms. The van der Waals surface area contributed by atoms with Gasteiger partial charge in [-0.1, -0.05) is 41.9 Å². The molecule has 1 aliphatic heterocycles. The van der Waals surface area contributed by atoms with Gasteiger partial charge in [0.1, 0.15) is 5.01 Å². The first-order valence-electron chi connectivity index (χ1n) is 9.88. The van der Waals surface area contributed by atoms with E-state index in [0.29, 0.717) is 10.6 Å². The Bertz CT molecular complexity index is 1240. The third-order valence-electron chi connectivity index (χ3n) is 5.36. The van der Waals surface area contributed by atoms with Gasteiger partial charge in [0.2, 0.25) is 0 Å². The summed E-state index contributed by atoms with van der Waals surface area (Å²) in [7, 11) is 0. The lowest BCUT2D eigenvalue weighted by molar-refractivity contribution is 0.102. The molecular formula is C25H18ClN3OS. The molecule has 0 radical (unpaired) electrons. The Morgan fingerprint density at radius 3 is 2.55 bits per heavy atom. The van der Waals surface area contributed by atoms with Crippen LogP contribution in [0.1, 0.15) is 32.9 Å². The lowest BCUT2D eigenvalue weighted by Crippen LogP contribution is -2.19. The summed E-state index contributed by atoms with van der Waals surface area (Å²) >= 11 is 7.60. The predicted octanol–water partition coefficient (Wildman–Crippen LogP) is 6.05. The molecule has 4 nitrogen and oxygen atoms in total. The lowest BCUT2D eigenvalue weighted by Gasteiger charge is -2.21. The van der Waals surface area contributed by atoms with Crippen LogP contribution in [0.2, 0.25) is 5.02 Å². The van der Waals surface area contributed by atoms with Gasteiger partial charge in [-0.15, -0.1) is 11.3 Å². The largest absolute Gasteiger partial charge is 0.381 e. The Balaban J connectivity index is 1.51. The highest BCUT2D eigenvalue weighted by Crippen LogP contribution is 2.43. The van der Waals surface area contributed by atoms with E-state index in [1.165, 1.54) is 0 Å². The molecule has 0 unspecified atom stereocenters. The normalized spacial score (nSPS) is 17.8. The fourth-order valence-electron chi connectivity index (χ4n) is 3.84. The van der Waals surface area contributed by atoms with Crippen molar-refractivity contribution in [2.45, 2.75) is 12.0 Å². The molecule has 4 aromatic rings. The third-order valence-corrected chi connectivity index (χ3v) is 6.54. The van der Waals surface area contributed by atoms with Crippen molar-refractivity contribution in [2.75, 3.05) is 0 Å². The number of rotatable bonds is 5. The maximum Gasteiger partial charge on any atom is 0.191 e. The Kier molecular flexibility index (Phi) is 5.37. The number of hydrogen-bond donors (Lipinski definition) is 1. The number of halogens is 1. The van der Waals surface area contributed by atoms with Gasteiger partial charge in [0.15, 0.2) is 5.78 Å². The first-order chi connectivity index (χ1) is 15.2. The summed E-state index contributed by atoms with van der Waals surface area (Å²) in [6.07, 6.45) is 5.40. The van der Waals surface area contributed by atoms with Crippen LogP contribution in [0.4, 0.5) is 0 Å². The SMILES string of the molecule is O=C(C1=CN[C@@H](c2nc(-c3cccnc3)cs2)[C@H]1c1ccccc1)c1ccc(Cl)cc1. The molecule has 5 rings (SSSR count). The van der Waals surface area contributed by atoms with E-state index in [9.17, 15) is 4.79 Å². The van der Waals surface area contributed by atoms with E-state index in [4.69, 9.17) is 16.6 Å². The number of nitrogens with zero attached hydrogens (tertiary/aromatic N) is 2. The number of carbonyl (C=O) groups is 1. The maximum atomic E-state index is 13.4. The second-order valence-electron chi connectivity index (χ2n) is 7.28. The van der Waals surface area contributed by atoms with Crippen LogP contribution < -0.4 is 5.32 Å². The molecule has 152 valence electrons. The van der Waals surface area contributed by atoms with Gasteiger partial charge in [0.25, 0.3) is 0 Å². The van der Waals surface area contributed by atoms with E-state index in [1.54, 1.807) is 41.8 Å². The van der Waals surface area contributed by atoms with E-state index in [1.807, 2.05) is 48.1 Å². The minimum atomic E-state index is -0.141. The molecule has 0 saturated carbocycles. The molecule has 0 saturated heterocycles. The second kappa shape index (κ2) is 8.46. The molecule has 0 fully saturated rings. The monoisotopic (exact) mass is 443 g/mol. The Labute approximate surface area is 189 Å². The number of pyridine rings is 1. The lowest BCUT2D eigenvalue weighted by atomic mass is 9.84. The predicted molar refractivity (Wildman–Crippen MR) is 124 cm³/mol. The number of thiazole rings is 1. The topological polar surface area (TPSA) is 54.9 Å². The van der Waals surface area contributed by atoms with Gasteiger partial charge in [0, 0.05) is 51.6 Å². The molecule has 0 bridgehead atoms. The molecule has 1 aliphatic rings. The minimum Gasteiger partial charge on any atom is -0.381 e. The number of Topliss-reactive ketones (excluding diaryl/α,β-unsaturated/α-hetero) is 1. The van der Waals surface area contributed by atoms with E-state index >= 15 is 0 Å². The summed E-state index contributed by atoms with van der Waals surface area (Å²) in [5.41, 5.74) is 4.28. The van der Waals surface area contributed by atoms with Crippen molar-refractivity contribution in [2.24, 2.45) is 0 Å². The summed E-state index contributed by atoms with van der Waals surface area (Å²) in [6, 6.07) is 20.9. The third kappa shape index (κ3) is 3.90. The summed E-state index contributed by atoms with van der Waals surface area (Å²) in [5.74, 6) is -0.151. The van der Waals surface area contributed by atoms with Crippen LogP contribution in [-0.4, -0.2) is 15.8 Å².